The first-order valence-corrected chi connectivity index (χ1v) is 9.89. The molecule has 19 heavy (non-hydrogen) atoms. The van der Waals surface area contributed by atoms with E-state index in [0.29, 0.717) is 11.8 Å². The van der Waals surface area contributed by atoms with Gasteiger partial charge in [0.25, 0.3) is 0 Å². The van der Waals surface area contributed by atoms with Crippen molar-refractivity contribution in [2.24, 2.45) is 11.8 Å². The summed E-state index contributed by atoms with van der Waals surface area (Å²) in [6.07, 6.45) is 9.60. The molecule has 0 aromatic heterocycles. The molecule has 1 N–H and O–H groups in total. The molecule has 0 aliphatic heterocycles. The third kappa shape index (κ3) is 7.31. The Hall–Kier alpha value is -0.0900. The van der Waals surface area contributed by atoms with Crippen molar-refractivity contribution in [3.05, 3.63) is 0 Å². The summed E-state index contributed by atoms with van der Waals surface area (Å²) < 4.78 is 22.5. The van der Waals surface area contributed by atoms with Gasteiger partial charge >= 0.3 is 0 Å². The summed E-state index contributed by atoms with van der Waals surface area (Å²) in [5.74, 6) is 1.91. The summed E-state index contributed by atoms with van der Waals surface area (Å²) in [6.45, 7) is 5.58. The Morgan fingerprint density at radius 1 is 1.32 bits per heavy atom. The Balaban J connectivity index is 2.45. The highest BCUT2D eigenvalue weighted by Gasteiger charge is 2.26. The fraction of sp³-hybridized carbons (Fsp3) is 1.00. The average Bonchev–Trinajstić information content (AvgIpc) is 2.32. The molecule has 0 aromatic carbocycles. The van der Waals surface area contributed by atoms with E-state index in [1.54, 1.807) is 0 Å². The number of nitrogens with one attached hydrogen (secondary N) is 1. The molecule has 0 heterocycles. The highest BCUT2D eigenvalue weighted by molar-refractivity contribution is 7.90. The van der Waals surface area contributed by atoms with Gasteiger partial charge in [0.1, 0.15) is 9.84 Å². The van der Waals surface area contributed by atoms with Crippen LogP contribution in [0, 0.1) is 11.8 Å². The van der Waals surface area contributed by atoms with Crippen LogP contribution in [0.25, 0.3) is 0 Å². The first-order chi connectivity index (χ1) is 8.92. The molecule has 114 valence electrons. The molecular formula is C15H31NO2S. The lowest BCUT2D eigenvalue weighted by Gasteiger charge is -2.34. The van der Waals surface area contributed by atoms with Crippen LogP contribution in [0.15, 0.2) is 0 Å². The van der Waals surface area contributed by atoms with Crippen LogP contribution in [-0.4, -0.2) is 33.0 Å². The molecule has 3 unspecified atom stereocenters. The van der Waals surface area contributed by atoms with Crippen LogP contribution in [0.5, 0.6) is 0 Å². The first-order valence-electron chi connectivity index (χ1n) is 7.83. The quantitative estimate of drug-likeness (QED) is 0.747. The predicted octanol–water partition coefficient (Wildman–Crippen LogP) is 3.01. The van der Waals surface area contributed by atoms with Crippen LogP contribution >= 0.6 is 0 Å². The molecule has 1 aliphatic rings. The van der Waals surface area contributed by atoms with E-state index in [4.69, 9.17) is 0 Å². The molecule has 1 saturated carbocycles. The number of hydrogen-bond acceptors (Lipinski definition) is 3. The molecule has 1 fully saturated rings. The van der Waals surface area contributed by atoms with Crippen LogP contribution in [-0.2, 0) is 9.84 Å². The van der Waals surface area contributed by atoms with Gasteiger partial charge in [0.05, 0.1) is 0 Å². The molecule has 1 aliphatic carbocycles. The van der Waals surface area contributed by atoms with Crippen LogP contribution in [0.2, 0.25) is 0 Å². The van der Waals surface area contributed by atoms with Crippen molar-refractivity contribution in [1.82, 2.24) is 5.32 Å². The summed E-state index contributed by atoms with van der Waals surface area (Å²) in [6, 6.07) is 0.518. The van der Waals surface area contributed by atoms with Crippen LogP contribution in [0.3, 0.4) is 0 Å². The zero-order valence-electron chi connectivity index (χ0n) is 12.8. The maximum atomic E-state index is 11.2. The zero-order valence-corrected chi connectivity index (χ0v) is 13.6. The molecule has 0 saturated heterocycles. The van der Waals surface area contributed by atoms with E-state index in [2.05, 4.69) is 19.2 Å². The Labute approximate surface area is 119 Å². The van der Waals surface area contributed by atoms with Gasteiger partial charge in [0, 0.05) is 18.1 Å². The smallest absolute Gasteiger partial charge is 0.147 e. The standard InChI is InChI=1S/C15H31NO2S/c1-4-10-16-15(9-6-11-19(3,17)18)14-8-5-7-13(2)12-14/h13-16H,4-12H2,1-3H3. The maximum absolute atomic E-state index is 11.2. The second kappa shape index (κ2) is 8.25. The van der Waals surface area contributed by atoms with E-state index in [9.17, 15) is 8.42 Å². The van der Waals surface area contributed by atoms with Gasteiger partial charge in [-0.15, -0.1) is 0 Å². The summed E-state index contributed by atoms with van der Waals surface area (Å²) in [7, 11) is -2.81. The Kier molecular flexibility index (Phi) is 7.37. The summed E-state index contributed by atoms with van der Waals surface area (Å²) in [5, 5.41) is 3.65. The summed E-state index contributed by atoms with van der Waals surface area (Å²) >= 11 is 0. The summed E-state index contributed by atoms with van der Waals surface area (Å²) in [4.78, 5) is 0. The minimum atomic E-state index is -2.81. The largest absolute Gasteiger partial charge is 0.314 e. The second-order valence-electron chi connectivity index (χ2n) is 6.36. The normalized spacial score (nSPS) is 26.3. The number of sulfone groups is 1. The topological polar surface area (TPSA) is 46.2 Å². The molecule has 0 aromatic rings. The predicted molar refractivity (Wildman–Crippen MR) is 82.1 cm³/mol. The fourth-order valence-electron chi connectivity index (χ4n) is 3.25. The van der Waals surface area contributed by atoms with Crippen LogP contribution < -0.4 is 5.32 Å². The maximum Gasteiger partial charge on any atom is 0.147 e. The molecule has 3 nitrogen and oxygen atoms in total. The number of rotatable bonds is 8. The lowest BCUT2D eigenvalue weighted by atomic mass is 9.77. The molecule has 0 radical (unpaired) electrons. The van der Waals surface area contributed by atoms with Crippen LogP contribution in [0.1, 0.15) is 58.8 Å². The van der Waals surface area contributed by atoms with E-state index >= 15 is 0 Å². The zero-order chi connectivity index (χ0) is 14.3. The van der Waals surface area contributed by atoms with Crippen molar-refractivity contribution < 1.29 is 8.42 Å². The molecule has 1 rings (SSSR count). The minimum absolute atomic E-state index is 0.333. The molecular weight excluding hydrogens is 258 g/mol. The van der Waals surface area contributed by atoms with Crippen LogP contribution in [0.4, 0.5) is 0 Å². The Morgan fingerprint density at radius 2 is 2.05 bits per heavy atom. The van der Waals surface area contributed by atoms with Crippen molar-refractivity contribution in [1.29, 1.82) is 0 Å². The van der Waals surface area contributed by atoms with Gasteiger partial charge in [0.15, 0.2) is 0 Å². The van der Waals surface area contributed by atoms with Crippen molar-refractivity contribution in [2.75, 3.05) is 18.6 Å². The van der Waals surface area contributed by atoms with E-state index in [1.807, 2.05) is 0 Å². The van der Waals surface area contributed by atoms with E-state index in [1.165, 1.54) is 31.9 Å². The number of hydrogen-bond donors (Lipinski definition) is 1. The van der Waals surface area contributed by atoms with Gasteiger partial charge in [-0.25, -0.2) is 8.42 Å². The van der Waals surface area contributed by atoms with Crippen molar-refractivity contribution in [3.8, 4) is 0 Å². The summed E-state index contributed by atoms with van der Waals surface area (Å²) in [5.41, 5.74) is 0. The molecule has 3 atom stereocenters. The SMILES string of the molecule is CCCNC(CCCS(C)(=O)=O)C1CCCC(C)C1. The lowest BCUT2D eigenvalue weighted by molar-refractivity contribution is 0.214. The van der Waals surface area contributed by atoms with E-state index in [0.717, 1.165) is 37.6 Å². The molecule has 0 spiro atoms. The second-order valence-corrected chi connectivity index (χ2v) is 8.62. The van der Waals surface area contributed by atoms with Crippen molar-refractivity contribution >= 4 is 9.84 Å². The first kappa shape index (κ1) is 17.0. The van der Waals surface area contributed by atoms with E-state index < -0.39 is 9.84 Å². The van der Waals surface area contributed by atoms with Crippen molar-refractivity contribution in [3.63, 3.8) is 0 Å². The molecule has 0 bridgehead atoms. The average molecular weight is 289 g/mol. The minimum Gasteiger partial charge on any atom is -0.314 e. The lowest BCUT2D eigenvalue weighted by Crippen LogP contribution is -2.39. The highest BCUT2D eigenvalue weighted by Crippen LogP contribution is 2.32. The van der Waals surface area contributed by atoms with Gasteiger partial charge in [-0.05, 0) is 50.5 Å². The van der Waals surface area contributed by atoms with Gasteiger partial charge in [-0.1, -0.05) is 26.7 Å². The van der Waals surface area contributed by atoms with Gasteiger partial charge in [-0.3, -0.25) is 0 Å². The van der Waals surface area contributed by atoms with Gasteiger partial charge in [0.2, 0.25) is 0 Å². The third-order valence-electron chi connectivity index (χ3n) is 4.23. The highest BCUT2D eigenvalue weighted by atomic mass is 32.2. The fourth-order valence-corrected chi connectivity index (χ4v) is 3.94. The molecule has 0 amide bonds. The third-order valence-corrected chi connectivity index (χ3v) is 5.26. The molecule has 4 heteroatoms. The van der Waals surface area contributed by atoms with Crippen molar-refractivity contribution in [2.45, 2.75) is 64.8 Å². The van der Waals surface area contributed by atoms with Gasteiger partial charge < -0.3 is 5.32 Å². The van der Waals surface area contributed by atoms with Gasteiger partial charge in [-0.2, -0.15) is 0 Å². The monoisotopic (exact) mass is 289 g/mol. The van der Waals surface area contributed by atoms with E-state index in [-0.39, 0.29) is 0 Å². The Bertz CT molecular complexity index is 340. The Morgan fingerprint density at radius 3 is 2.63 bits per heavy atom.